The van der Waals surface area contributed by atoms with Gasteiger partial charge in [-0.15, -0.1) is 0 Å². The van der Waals surface area contributed by atoms with Crippen LogP contribution in [0, 0.1) is 0 Å². The minimum absolute atomic E-state index is 0.572. The minimum atomic E-state index is 0.572. The van der Waals surface area contributed by atoms with Crippen molar-refractivity contribution in [3.63, 3.8) is 0 Å². The summed E-state index contributed by atoms with van der Waals surface area (Å²) in [6, 6.07) is 10.9. The van der Waals surface area contributed by atoms with Crippen LogP contribution in [0.3, 0.4) is 0 Å². The first-order valence-corrected chi connectivity index (χ1v) is 5.80. The summed E-state index contributed by atoms with van der Waals surface area (Å²) in [5.41, 5.74) is 1.26. The van der Waals surface area contributed by atoms with Gasteiger partial charge in [-0.05, 0) is 24.9 Å². The van der Waals surface area contributed by atoms with Crippen molar-refractivity contribution >= 4 is 0 Å². The van der Waals surface area contributed by atoms with Crippen molar-refractivity contribution in [3.8, 4) is 0 Å². The van der Waals surface area contributed by atoms with Crippen molar-refractivity contribution < 1.29 is 4.74 Å². The van der Waals surface area contributed by atoms with E-state index in [9.17, 15) is 0 Å². The van der Waals surface area contributed by atoms with Gasteiger partial charge in [0.2, 0.25) is 0 Å². The molecule has 1 aliphatic rings. The molecule has 2 heteroatoms. The molecule has 1 saturated heterocycles. The molecule has 0 aliphatic carbocycles. The van der Waals surface area contributed by atoms with Gasteiger partial charge in [0.25, 0.3) is 0 Å². The van der Waals surface area contributed by atoms with E-state index in [0.29, 0.717) is 6.04 Å². The molecular weight excluding hydrogens is 186 g/mol. The van der Waals surface area contributed by atoms with Gasteiger partial charge in [-0.3, -0.25) is 0 Å². The third kappa shape index (κ3) is 3.65. The van der Waals surface area contributed by atoms with Gasteiger partial charge in [0.05, 0.1) is 13.2 Å². The van der Waals surface area contributed by atoms with Crippen LogP contribution < -0.4 is 5.32 Å². The Morgan fingerprint density at radius 2 is 2.07 bits per heavy atom. The molecule has 2 rings (SSSR count). The van der Waals surface area contributed by atoms with Crippen molar-refractivity contribution in [2.24, 2.45) is 0 Å². The third-order valence-corrected chi connectivity index (χ3v) is 2.84. The second-order valence-corrected chi connectivity index (χ2v) is 4.15. The normalized spacial score (nSPS) is 21.5. The molecular formula is C13H19NO. The van der Waals surface area contributed by atoms with E-state index in [-0.39, 0.29) is 0 Å². The smallest absolute Gasteiger partial charge is 0.0717 e. The van der Waals surface area contributed by atoms with E-state index in [1.807, 2.05) is 6.07 Å². The average Bonchev–Trinajstić information content (AvgIpc) is 2.32. The molecule has 0 aromatic heterocycles. The Kier molecular flexibility index (Phi) is 4.18. The number of benzene rings is 1. The quantitative estimate of drug-likeness (QED) is 0.814. The monoisotopic (exact) mass is 205 g/mol. The highest BCUT2D eigenvalue weighted by Gasteiger charge is 2.11. The predicted molar refractivity (Wildman–Crippen MR) is 61.7 cm³/mol. The van der Waals surface area contributed by atoms with Gasteiger partial charge >= 0.3 is 0 Å². The summed E-state index contributed by atoms with van der Waals surface area (Å²) < 4.78 is 5.70. The third-order valence-electron chi connectivity index (χ3n) is 2.84. The number of hydrogen-bond donors (Lipinski definition) is 1. The van der Waals surface area contributed by atoms with E-state index in [2.05, 4.69) is 29.6 Å². The molecule has 15 heavy (non-hydrogen) atoms. The lowest BCUT2D eigenvalue weighted by atomic mass is 10.1. The van der Waals surface area contributed by atoms with Crippen LogP contribution in [0.5, 0.6) is 0 Å². The van der Waals surface area contributed by atoms with E-state index in [1.165, 1.54) is 24.8 Å². The minimum Gasteiger partial charge on any atom is -0.375 e. The van der Waals surface area contributed by atoms with Gasteiger partial charge in [0.1, 0.15) is 0 Å². The van der Waals surface area contributed by atoms with Crippen molar-refractivity contribution in [1.29, 1.82) is 0 Å². The SMILES string of the molecule is c1ccc(COCC2CCCCN2)cc1. The van der Waals surface area contributed by atoms with Crippen molar-refractivity contribution in [2.75, 3.05) is 13.2 Å². The summed E-state index contributed by atoms with van der Waals surface area (Å²) in [5.74, 6) is 0. The van der Waals surface area contributed by atoms with Crippen LogP contribution in [0.15, 0.2) is 30.3 Å². The highest BCUT2D eigenvalue weighted by molar-refractivity contribution is 5.13. The first-order chi connectivity index (χ1) is 7.45. The maximum absolute atomic E-state index is 5.70. The first kappa shape index (κ1) is 10.7. The maximum atomic E-state index is 5.70. The summed E-state index contributed by atoms with van der Waals surface area (Å²) >= 11 is 0. The Bertz CT molecular complexity index is 267. The van der Waals surface area contributed by atoms with Crippen LogP contribution in [0.2, 0.25) is 0 Å². The molecule has 82 valence electrons. The zero-order valence-electron chi connectivity index (χ0n) is 9.11. The number of hydrogen-bond acceptors (Lipinski definition) is 2. The Morgan fingerprint density at radius 3 is 2.80 bits per heavy atom. The van der Waals surface area contributed by atoms with Gasteiger partial charge in [0, 0.05) is 6.04 Å². The molecule has 1 aromatic carbocycles. The molecule has 1 fully saturated rings. The lowest BCUT2D eigenvalue weighted by Crippen LogP contribution is -2.37. The fourth-order valence-electron chi connectivity index (χ4n) is 1.96. The zero-order chi connectivity index (χ0) is 10.3. The highest BCUT2D eigenvalue weighted by Crippen LogP contribution is 2.08. The lowest BCUT2D eigenvalue weighted by Gasteiger charge is -2.23. The standard InChI is InChI=1S/C13H19NO/c1-2-6-12(7-3-1)10-15-11-13-8-4-5-9-14-13/h1-3,6-7,13-14H,4-5,8-11H2. The fraction of sp³-hybridized carbons (Fsp3) is 0.538. The Morgan fingerprint density at radius 1 is 1.20 bits per heavy atom. The number of piperidine rings is 1. The molecule has 1 unspecified atom stereocenters. The van der Waals surface area contributed by atoms with Gasteiger partial charge in [-0.2, -0.15) is 0 Å². The molecule has 0 radical (unpaired) electrons. The van der Waals surface area contributed by atoms with E-state index in [0.717, 1.165) is 19.8 Å². The van der Waals surface area contributed by atoms with Crippen LogP contribution in [0.1, 0.15) is 24.8 Å². The summed E-state index contributed by atoms with van der Waals surface area (Å²) in [7, 11) is 0. The van der Waals surface area contributed by atoms with E-state index >= 15 is 0 Å². The first-order valence-electron chi connectivity index (χ1n) is 5.80. The van der Waals surface area contributed by atoms with Crippen LogP contribution in [-0.4, -0.2) is 19.2 Å². The molecule has 1 aromatic rings. The van der Waals surface area contributed by atoms with Gasteiger partial charge in [0.15, 0.2) is 0 Å². The Hall–Kier alpha value is -0.860. The summed E-state index contributed by atoms with van der Waals surface area (Å²) in [5, 5.41) is 3.48. The van der Waals surface area contributed by atoms with Crippen molar-refractivity contribution in [3.05, 3.63) is 35.9 Å². The lowest BCUT2D eigenvalue weighted by molar-refractivity contribution is 0.0911. The summed E-state index contributed by atoms with van der Waals surface area (Å²) in [6.07, 6.45) is 3.91. The summed E-state index contributed by atoms with van der Waals surface area (Å²) in [4.78, 5) is 0. The molecule has 2 nitrogen and oxygen atoms in total. The molecule has 0 saturated carbocycles. The molecule has 1 aliphatic heterocycles. The van der Waals surface area contributed by atoms with Gasteiger partial charge < -0.3 is 10.1 Å². The molecule has 0 amide bonds. The largest absolute Gasteiger partial charge is 0.375 e. The second-order valence-electron chi connectivity index (χ2n) is 4.15. The average molecular weight is 205 g/mol. The molecule has 1 heterocycles. The molecule has 1 atom stereocenters. The van der Waals surface area contributed by atoms with Crippen LogP contribution >= 0.6 is 0 Å². The van der Waals surface area contributed by atoms with Crippen LogP contribution in [-0.2, 0) is 11.3 Å². The topological polar surface area (TPSA) is 21.3 Å². The number of nitrogens with one attached hydrogen (secondary N) is 1. The number of ether oxygens (including phenoxy) is 1. The zero-order valence-corrected chi connectivity index (χ0v) is 9.11. The molecule has 0 bridgehead atoms. The summed E-state index contributed by atoms with van der Waals surface area (Å²) in [6.45, 7) is 2.73. The second kappa shape index (κ2) is 5.89. The molecule has 1 N–H and O–H groups in total. The maximum Gasteiger partial charge on any atom is 0.0717 e. The van der Waals surface area contributed by atoms with E-state index in [1.54, 1.807) is 0 Å². The van der Waals surface area contributed by atoms with Crippen LogP contribution in [0.25, 0.3) is 0 Å². The number of rotatable bonds is 4. The van der Waals surface area contributed by atoms with Crippen molar-refractivity contribution in [2.45, 2.75) is 31.9 Å². The fourth-order valence-corrected chi connectivity index (χ4v) is 1.96. The van der Waals surface area contributed by atoms with Crippen molar-refractivity contribution in [1.82, 2.24) is 5.32 Å². The molecule has 0 spiro atoms. The van der Waals surface area contributed by atoms with Crippen LogP contribution in [0.4, 0.5) is 0 Å². The van der Waals surface area contributed by atoms with Gasteiger partial charge in [-0.25, -0.2) is 0 Å². The Labute approximate surface area is 91.6 Å². The predicted octanol–water partition coefficient (Wildman–Crippen LogP) is 2.35. The Balaban J connectivity index is 1.66. The highest BCUT2D eigenvalue weighted by atomic mass is 16.5. The van der Waals surface area contributed by atoms with Gasteiger partial charge in [-0.1, -0.05) is 36.8 Å². The van der Waals surface area contributed by atoms with E-state index < -0.39 is 0 Å². The van der Waals surface area contributed by atoms with E-state index in [4.69, 9.17) is 4.74 Å².